The van der Waals surface area contributed by atoms with E-state index in [-0.39, 0.29) is 68.6 Å². The van der Waals surface area contributed by atoms with Gasteiger partial charge in [-0.25, -0.2) is 13.4 Å². The van der Waals surface area contributed by atoms with E-state index in [9.17, 15) is 37.2 Å². The number of nitrogens with zero attached hydrogens (tertiary/aromatic N) is 6. The Kier molecular flexibility index (Phi) is 27.6. The minimum Gasteiger partial charge on any atom is -0.439 e. The SMILES string of the molecule is C=C1CCN(C(=O)C(C)(C)C)CCN1.CC(C)(C)C(=O)N1C2COCC1COC2.CC(C)(C)C(=O)N1CC2CC1CO2.CC(C)(C)C(=O)N1[C@H]2CCC[C@H]1COC2.CC(C)(C)S(C)(=O)=O.CC1(C)CC2CC(C)(CN2C(=O)C(C)(C)C)C1.Cc1cnc(C(=O)C(C)(C)C)o1. The Balaban J connectivity index is 0.000000236. The molecule has 1 N–H and O–H groups in total. The molecule has 6 atom stereocenters. The molecule has 540 valence electrons. The summed E-state index contributed by atoms with van der Waals surface area (Å²) in [6, 6.07) is 1.74. The molecular formula is C73H129N7O13S. The number of piperidine rings is 1. The van der Waals surface area contributed by atoms with Crippen LogP contribution >= 0.6 is 0 Å². The monoisotopic (exact) mass is 1340 g/mol. The van der Waals surface area contributed by atoms with E-state index in [2.05, 4.69) is 47.5 Å². The first-order chi connectivity index (χ1) is 42.6. The minimum atomic E-state index is -2.84. The number of Topliss-reactive ketones (excluding diaryl/α,β-unsaturated/α-hetero) is 1. The van der Waals surface area contributed by atoms with Gasteiger partial charge in [0.2, 0.25) is 35.3 Å². The molecule has 0 radical (unpaired) electrons. The predicted octanol–water partition coefficient (Wildman–Crippen LogP) is 11.4. The highest BCUT2D eigenvalue weighted by molar-refractivity contribution is 7.92. The molecule has 0 spiro atoms. The van der Waals surface area contributed by atoms with Crippen LogP contribution in [-0.4, -0.2) is 206 Å². The van der Waals surface area contributed by atoms with Gasteiger partial charge in [-0.05, 0) is 83.5 Å². The number of aryl methyl sites for hydroxylation is 1. The van der Waals surface area contributed by atoms with Crippen molar-refractivity contribution in [3.8, 4) is 0 Å². The van der Waals surface area contributed by atoms with E-state index in [4.69, 9.17) is 23.4 Å². The Morgan fingerprint density at radius 2 is 1.01 bits per heavy atom. The fourth-order valence-corrected chi connectivity index (χ4v) is 13.2. The number of oxazole rings is 1. The fourth-order valence-electron chi connectivity index (χ4n) is 13.2. The Labute approximate surface area is 568 Å². The Morgan fingerprint density at radius 1 is 0.574 bits per heavy atom. The lowest BCUT2D eigenvalue weighted by Crippen LogP contribution is -2.63. The van der Waals surface area contributed by atoms with Gasteiger partial charge in [0.05, 0.1) is 93.5 Å². The van der Waals surface area contributed by atoms with Gasteiger partial charge in [-0.15, -0.1) is 0 Å². The zero-order valence-electron chi connectivity index (χ0n) is 63.4. The molecule has 8 aliphatic heterocycles. The third-order valence-electron chi connectivity index (χ3n) is 18.4. The molecule has 20 nitrogen and oxygen atoms in total. The molecular weight excluding hydrogens is 1210 g/mol. The van der Waals surface area contributed by atoms with Crippen LogP contribution in [0.25, 0.3) is 0 Å². The minimum absolute atomic E-state index is 0.0596. The molecule has 21 heteroatoms. The van der Waals surface area contributed by atoms with Gasteiger partial charge in [-0.3, -0.25) is 28.8 Å². The molecule has 0 aromatic carbocycles. The summed E-state index contributed by atoms with van der Waals surface area (Å²) in [6.45, 7) is 61.9. The number of hydrogen-bond acceptors (Lipinski definition) is 15. The first kappa shape index (κ1) is 82.0. The number of sulfone groups is 1. The van der Waals surface area contributed by atoms with Crippen LogP contribution in [0.5, 0.6) is 0 Å². The molecule has 1 saturated carbocycles. The van der Waals surface area contributed by atoms with Crippen molar-refractivity contribution in [1.29, 1.82) is 0 Å². The van der Waals surface area contributed by atoms with Gasteiger partial charge < -0.3 is 53.2 Å². The first-order valence-electron chi connectivity index (χ1n) is 34.6. The standard InChI is InChI=1S/C15H27NO.C12H21NO2.C11H20N2O.C11H19NO3.C10H17NO2.C9H13NO2.C5H12O2S/c1-13(2,3)12(17)16-10-15(6)8-11(16)7-14(4,5)9-15;1-12(2,3)11(14)13-9-5-4-6-10(13)8-15-7-9;1-9-5-7-13(8-6-12-9)10(14)11(2,3)4;1-11(2,3)10(13)12-8-4-14-6-9(12)7-15-5-8;1-10(2,3)9(12)11-5-8-4-7(11)6-13-8;1-6-5-10-8(12-6)7(11)9(2,3)4;1-5(2,3)8(4,6)7/h11H,7-10H2,1-6H3;9-10H,4-8H2,1-3H3;12H,1,5-8H2,2-4H3;8-9H,4-7H2,1-3H3;7-8H,4-6H2,1-3H3;5H,1-4H3;1-4H3/t;9-,10-;;;;;/m.0...../s1. The van der Waals surface area contributed by atoms with E-state index >= 15 is 0 Å². The van der Waals surface area contributed by atoms with Crippen molar-refractivity contribution < 1.29 is 60.5 Å². The summed E-state index contributed by atoms with van der Waals surface area (Å²) in [5.74, 6) is 2.16. The van der Waals surface area contributed by atoms with E-state index in [0.29, 0.717) is 85.1 Å². The highest BCUT2D eigenvalue weighted by atomic mass is 32.2. The second-order valence-corrected chi connectivity index (χ2v) is 38.9. The maximum Gasteiger partial charge on any atom is 0.263 e. The molecule has 1 aliphatic carbocycles. The number of nitrogens with one attached hydrogen (secondary N) is 1. The molecule has 1 aromatic rings. The van der Waals surface area contributed by atoms with E-state index in [0.717, 1.165) is 83.9 Å². The highest BCUT2D eigenvalue weighted by Crippen LogP contribution is 2.53. The smallest absolute Gasteiger partial charge is 0.263 e. The summed E-state index contributed by atoms with van der Waals surface area (Å²) in [5.41, 5.74) is 0.0360. The van der Waals surface area contributed by atoms with Crippen LogP contribution in [0.2, 0.25) is 0 Å². The molecule has 9 aliphatic rings. The fraction of sp³-hybridized carbons (Fsp3) is 0.849. The number of rotatable bonds is 1. The lowest BCUT2D eigenvalue weighted by atomic mass is 9.65. The van der Waals surface area contributed by atoms with Crippen molar-refractivity contribution in [3.05, 3.63) is 30.1 Å². The first-order valence-corrected chi connectivity index (χ1v) is 36.5. The van der Waals surface area contributed by atoms with Crippen molar-refractivity contribution in [2.45, 2.75) is 272 Å². The highest BCUT2D eigenvalue weighted by Gasteiger charge is 2.52. The number of likely N-dealkylation sites (tertiary alicyclic amines) is 2. The predicted molar refractivity (Wildman–Crippen MR) is 371 cm³/mol. The molecule has 8 saturated heterocycles. The normalized spacial score (nSPS) is 26.6. The Hall–Kier alpha value is -4.44. The largest absolute Gasteiger partial charge is 0.439 e. The van der Waals surface area contributed by atoms with Crippen LogP contribution in [0, 0.1) is 50.2 Å². The molecule has 9 heterocycles. The maximum atomic E-state index is 12.5. The molecule has 5 amide bonds. The molecule has 8 bridgehead atoms. The third-order valence-corrected chi connectivity index (χ3v) is 20.6. The summed E-state index contributed by atoms with van der Waals surface area (Å²) in [7, 11) is -2.84. The summed E-state index contributed by atoms with van der Waals surface area (Å²) < 4.78 is 47.7. The Bertz CT molecular complexity index is 2760. The average Bonchev–Trinajstić information content (AvgIpc) is 1.52. The van der Waals surface area contributed by atoms with Crippen LogP contribution in [-0.2, 0) is 52.8 Å². The zero-order chi connectivity index (χ0) is 71.9. The number of amides is 5. The number of hydrogen-bond donors (Lipinski definition) is 1. The molecule has 94 heavy (non-hydrogen) atoms. The number of ether oxygens (including phenoxy) is 4. The summed E-state index contributed by atoms with van der Waals surface area (Å²) >= 11 is 0. The Morgan fingerprint density at radius 3 is 1.39 bits per heavy atom. The summed E-state index contributed by atoms with van der Waals surface area (Å²) in [5, 5.41) is 3.19. The van der Waals surface area contributed by atoms with Gasteiger partial charge in [0, 0.05) is 89.6 Å². The van der Waals surface area contributed by atoms with Gasteiger partial charge in [0.1, 0.15) is 5.76 Å². The van der Waals surface area contributed by atoms with Gasteiger partial charge in [0.15, 0.2) is 9.84 Å². The summed E-state index contributed by atoms with van der Waals surface area (Å²) in [4.78, 5) is 86.5. The van der Waals surface area contributed by atoms with Crippen LogP contribution in [0.4, 0.5) is 0 Å². The summed E-state index contributed by atoms with van der Waals surface area (Å²) in [6.07, 6.45) is 12.1. The maximum absolute atomic E-state index is 12.5. The van der Waals surface area contributed by atoms with E-state index < -0.39 is 20.0 Å². The van der Waals surface area contributed by atoms with Gasteiger partial charge in [-0.1, -0.05) is 152 Å². The molecule has 10 rings (SSSR count). The molecule has 1 aromatic heterocycles. The van der Waals surface area contributed by atoms with Crippen molar-refractivity contribution >= 4 is 45.2 Å². The molecule has 4 unspecified atom stereocenters. The van der Waals surface area contributed by atoms with Gasteiger partial charge >= 0.3 is 0 Å². The number of carbonyl (C=O) groups excluding carboxylic acids is 6. The van der Waals surface area contributed by atoms with E-state index in [1.54, 1.807) is 33.9 Å². The van der Waals surface area contributed by atoms with Gasteiger partial charge in [-0.2, -0.15) is 0 Å². The van der Waals surface area contributed by atoms with Crippen molar-refractivity contribution in [2.75, 3.05) is 85.2 Å². The second kappa shape index (κ2) is 31.6. The second-order valence-electron chi connectivity index (χ2n) is 36.1. The van der Waals surface area contributed by atoms with Gasteiger partial charge in [0.25, 0.3) is 5.89 Å². The quantitative estimate of drug-likeness (QED) is 0.258. The van der Waals surface area contributed by atoms with Crippen molar-refractivity contribution in [1.82, 2.24) is 34.8 Å². The topological polar surface area (TPSA) is 228 Å². The van der Waals surface area contributed by atoms with Crippen LogP contribution < -0.4 is 5.32 Å². The van der Waals surface area contributed by atoms with Crippen LogP contribution in [0.1, 0.15) is 234 Å². The van der Waals surface area contributed by atoms with E-state index in [1.807, 2.05) is 139 Å². The lowest BCUT2D eigenvalue weighted by Gasteiger charge is -2.47. The number of aromatic nitrogens is 1. The number of morpholine rings is 4. The number of fused-ring (bicyclic) bond motifs is 8. The average molecular weight is 1340 g/mol. The van der Waals surface area contributed by atoms with Crippen LogP contribution in [0.3, 0.4) is 0 Å². The lowest BCUT2D eigenvalue weighted by molar-refractivity contribution is -0.175. The number of ketones is 1. The van der Waals surface area contributed by atoms with Crippen LogP contribution in [0.15, 0.2) is 22.9 Å². The zero-order valence-corrected chi connectivity index (χ0v) is 64.2. The third kappa shape index (κ3) is 23.6. The van der Waals surface area contributed by atoms with Crippen molar-refractivity contribution in [3.63, 3.8) is 0 Å². The number of carbonyl (C=O) groups is 6. The van der Waals surface area contributed by atoms with E-state index in [1.165, 1.54) is 31.9 Å². The van der Waals surface area contributed by atoms with Crippen molar-refractivity contribution in [2.24, 2.45) is 43.3 Å². The molecule has 9 fully saturated rings.